The van der Waals surface area contributed by atoms with E-state index in [9.17, 15) is 19.5 Å². The molecule has 5 aliphatic rings. The van der Waals surface area contributed by atoms with Gasteiger partial charge in [0, 0.05) is 38.0 Å². The number of nitrogens with zero attached hydrogens (tertiary/aromatic N) is 3. The van der Waals surface area contributed by atoms with Gasteiger partial charge in [0.1, 0.15) is 6.04 Å². The molecule has 3 fully saturated rings. The lowest BCUT2D eigenvalue weighted by Crippen LogP contribution is -2.58. The minimum Gasteiger partial charge on any atom is -0.465 e. The van der Waals surface area contributed by atoms with Crippen LogP contribution in [0.25, 0.3) is 0 Å². The standard InChI is InChI=1S/C27H39N3O6S/c1-18(2)19(17-31)30-23-25(33)29(11-10-28-12-15-35-16-13-28)9-6-8-27(23)22(24(30)32)21-20(37-27)7-4-3-5-14-36-26(21)34/h4,6-8,18-23,31H,3,5,9-17H2,1-2H3/b7-4-/t19-,20-,21+,22-,23?,27-/m0/s1. The molecule has 0 aromatic rings. The van der Waals surface area contributed by atoms with Crippen LogP contribution in [0.15, 0.2) is 24.3 Å². The molecule has 0 saturated carbocycles. The molecule has 2 amide bonds. The van der Waals surface area contributed by atoms with Crippen LogP contribution in [0.5, 0.6) is 0 Å². The zero-order valence-electron chi connectivity index (χ0n) is 21.8. The Morgan fingerprint density at radius 3 is 2.62 bits per heavy atom. The van der Waals surface area contributed by atoms with Crippen LogP contribution >= 0.6 is 11.8 Å². The van der Waals surface area contributed by atoms with Crippen molar-refractivity contribution in [3.63, 3.8) is 0 Å². The minimum absolute atomic E-state index is 0.0557. The van der Waals surface area contributed by atoms with Crippen LogP contribution in [-0.4, -0.2) is 119 Å². The van der Waals surface area contributed by atoms with E-state index in [0.29, 0.717) is 32.9 Å². The van der Waals surface area contributed by atoms with Gasteiger partial charge in [-0.25, -0.2) is 0 Å². The van der Waals surface area contributed by atoms with E-state index in [1.54, 1.807) is 16.7 Å². The molecule has 0 bridgehead atoms. The van der Waals surface area contributed by atoms with Gasteiger partial charge in [-0.15, -0.1) is 11.8 Å². The molecule has 6 atom stereocenters. The number of fused-ring (bicyclic) bond motifs is 2. The van der Waals surface area contributed by atoms with E-state index >= 15 is 0 Å². The van der Waals surface area contributed by atoms with Crippen molar-refractivity contribution in [2.24, 2.45) is 17.8 Å². The van der Waals surface area contributed by atoms with Gasteiger partial charge < -0.3 is 24.4 Å². The SMILES string of the molecule is CC(C)[C@H](CO)N1C(=O)[C@@H]2[C@@H]3C(=O)OCCC/C=C\[C@@H]3S[C@@]23C=CCN(CCN2CCOCC2)C(=O)C13. The molecule has 10 heteroatoms. The molecule has 1 N–H and O–H groups in total. The van der Waals surface area contributed by atoms with Crippen LogP contribution in [-0.2, 0) is 23.9 Å². The summed E-state index contributed by atoms with van der Waals surface area (Å²) in [6.45, 7) is 8.80. The second-order valence-electron chi connectivity index (χ2n) is 11.0. The molecule has 0 aromatic carbocycles. The number of ether oxygens (including phenoxy) is 2. The van der Waals surface area contributed by atoms with Crippen molar-refractivity contribution in [1.29, 1.82) is 0 Å². The number of cyclic esters (lactones) is 1. The van der Waals surface area contributed by atoms with Crippen molar-refractivity contribution in [1.82, 2.24) is 14.7 Å². The van der Waals surface area contributed by atoms with Gasteiger partial charge in [-0.05, 0) is 18.8 Å². The van der Waals surface area contributed by atoms with E-state index in [1.165, 1.54) is 0 Å². The summed E-state index contributed by atoms with van der Waals surface area (Å²) in [4.78, 5) is 47.7. The summed E-state index contributed by atoms with van der Waals surface area (Å²) < 4.78 is 10.2. The Morgan fingerprint density at radius 2 is 1.89 bits per heavy atom. The van der Waals surface area contributed by atoms with Crippen molar-refractivity contribution in [2.45, 2.75) is 48.8 Å². The molecule has 1 spiro atoms. The monoisotopic (exact) mass is 533 g/mol. The lowest BCUT2D eigenvalue weighted by Gasteiger charge is -2.40. The maximum atomic E-state index is 14.3. The Bertz CT molecular complexity index is 950. The van der Waals surface area contributed by atoms with Crippen LogP contribution in [0.3, 0.4) is 0 Å². The molecule has 5 rings (SSSR count). The first-order valence-electron chi connectivity index (χ1n) is 13.6. The van der Waals surface area contributed by atoms with Gasteiger partial charge in [-0.3, -0.25) is 19.3 Å². The highest BCUT2D eigenvalue weighted by Gasteiger charge is 2.71. The fourth-order valence-corrected chi connectivity index (χ4v) is 8.49. The summed E-state index contributed by atoms with van der Waals surface area (Å²) in [6.07, 6.45) is 9.69. The lowest BCUT2D eigenvalue weighted by molar-refractivity contribution is -0.154. The van der Waals surface area contributed by atoms with Crippen molar-refractivity contribution in [2.75, 3.05) is 59.2 Å². The number of thioether (sulfide) groups is 1. The van der Waals surface area contributed by atoms with Crippen molar-refractivity contribution in [3.05, 3.63) is 24.3 Å². The van der Waals surface area contributed by atoms with Crippen molar-refractivity contribution in [3.8, 4) is 0 Å². The van der Waals surface area contributed by atoms with E-state index in [4.69, 9.17) is 9.47 Å². The zero-order valence-corrected chi connectivity index (χ0v) is 22.6. The number of carbonyl (C=O) groups is 3. The third-order valence-electron chi connectivity index (χ3n) is 8.48. The second-order valence-corrected chi connectivity index (χ2v) is 12.4. The van der Waals surface area contributed by atoms with Crippen molar-refractivity contribution < 1.29 is 29.0 Å². The molecular weight excluding hydrogens is 494 g/mol. The number of hydrogen-bond acceptors (Lipinski definition) is 8. The highest BCUT2D eigenvalue weighted by atomic mass is 32.2. The molecule has 0 aliphatic carbocycles. The number of morpholine rings is 1. The number of aliphatic hydroxyl groups is 1. The maximum absolute atomic E-state index is 14.3. The topological polar surface area (TPSA) is 99.6 Å². The predicted octanol–water partition coefficient (Wildman–Crippen LogP) is 0.925. The summed E-state index contributed by atoms with van der Waals surface area (Å²) in [6, 6.07) is -1.30. The fraction of sp³-hybridized carbons (Fsp3) is 0.741. The average molecular weight is 534 g/mol. The van der Waals surface area contributed by atoms with Gasteiger partial charge in [-0.2, -0.15) is 0 Å². The second kappa shape index (κ2) is 11.1. The Morgan fingerprint density at radius 1 is 1.11 bits per heavy atom. The van der Waals surface area contributed by atoms with Gasteiger partial charge >= 0.3 is 5.97 Å². The minimum atomic E-state index is -0.887. The average Bonchev–Trinajstić information content (AvgIpc) is 3.30. The van der Waals surface area contributed by atoms with Crippen LogP contribution in [0, 0.1) is 17.8 Å². The fourth-order valence-electron chi connectivity index (χ4n) is 6.51. The van der Waals surface area contributed by atoms with E-state index in [2.05, 4.69) is 11.0 Å². The summed E-state index contributed by atoms with van der Waals surface area (Å²) in [5, 5.41) is 10.1. The first-order chi connectivity index (χ1) is 17.9. The third kappa shape index (κ3) is 4.75. The molecule has 3 saturated heterocycles. The van der Waals surface area contributed by atoms with E-state index in [0.717, 1.165) is 32.5 Å². The maximum Gasteiger partial charge on any atom is 0.311 e. The Hall–Kier alpha value is -1.88. The van der Waals surface area contributed by atoms with Crippen LogP contribution in [0.1, 0.15) is 26.7 Å². The summed E-state index contributed by atoms with van der Waals surface area (Å²) in [5.74, 6) is -2.13. The number of esters is 1. The predicted molar refractivity (Wildman–Crippen MR) is 140 cm³/mol. The van der Waals surface area contributed by atoms with Crippen LogP contribution < -0.4 is 0 Å². The number of carbonyl (C=O) groups excluding carboxylic acids is 3. The molecule has 0 aromatic heterocycles. The Balaban J connectivity index is 1.52. The van der Waals surface area contributed by atoms with E-state index in [-0.39, 0.29) is 35.6 Å². The molecule has 0 radical (unpaired) electrons. The quantitative estimate of drug-likeness (QED) is 0.398. The number of aliphatic hydroxyl groups excluding tert-OH is 1. The number of likely N-dealkylation sites (tertiary alicyclic amines) is 1. The Kier molecular flexibility index (Phi) is 8.00. The van der Waals surface area contributed by atoms with Crippen molar-refractivity contribution >= 4 is 29.5 Å². The highest BCUT2D eigenvalue weighted by Crippen LogP contribution is 2.61. The first kappa shape index (κ1) is 26.7. The van der Waals surface area contributed by atoms with Gasteiger partial charge in [0.2, 0.25) is 11.8 Å². The Labute approximate surface area is 223 Å². The van der Waals surface area contributed by atoms with Gasteiger partial charge in [0.15, 0.2) is 0 Å². The van der Waals surface area contributed by atoms with Crippen LogP contribution in [0.2, 0.25) is 0 Å². The zero-order chi connectivity index (χ0) is 26.2. The molecule has 37 heavy (non-hydrogen) atoms. The number of amides is 2. The van der Waals surface area contributed by atoms with Crippen LogP contribution in [0.4, 0.5) is 0 Å². The molecule has 5 heterocycles. The molecule has 9 nitrogen and oxygen atoms in total. The normalized spacial score (nSPS) is 36.3. The third-order valence-corrected chi connectivity index (χ3v) is 10.2. The molecule has 204 valence electrons. The number of allylic oxidation sites excluding steroid dienone is 1. The van der Waals surface area contributed by atoms with Gasteiger partial charge in [0.25, 0.3) is 0 Å². The molecule has 1 unspecified atom stereocenters. The molecule has 5 aliphatic heterocycles. The smallest absolute Gasteiger partial charge is 0.311 e. The van der Waals surface area contributed by atoms with Gasteiger partial charge in [-0.1, -0.05) is 38.2 Å². The lowest BCUT2D eigenvalue weighted by atomic mass is 9.78. The number of hydrogen-bond donors (Lipinski definition) is 1. The van der Waals surface area contributed by atoms with E-state index in [1.807, 2.05) is 37.0 Å². The number of rotatable bonds is 6. The van der Waals surface area contributed by atoms with E-state index < -0.39 is 28.7 Å². The summed E-state index contributed by atoms with van der Waals surface area (Å²) >= 11 is 1.55. The molecular formula is C27H39N3O6S. The summed E-state index contributed by atoms with van der Waals surface area (Å²) in [5.41, 5.74) is 0. The van der Waals surface area contributed by atoms with Gasteiger partial charge in [0.05, 0.1) is 49.1 Å². The first-order valence-corrected chi connectivity index (χ1v) is 14.5. The largest absolute Gasteiger partial charge is 0.465 e. The summed E-state index contributed by atoms with van der Waals surface area (Å²) in [7, 11) is 0. The highest BCUT2D eigenvalue weighted by molar-refractivity contribution is 8.02.